The van der Waals surface area contributed by atoms with Crippen LogP contribution in [0.1, 0.15) is 12.5 Å². The van der Waals surface area contributed by atoms with E-state index in [9.17, 15) is 9.59 Å². The lowest BCUT2D eigenvalue weighted by molar-refractivity contribution is -0.124. The van der Waals surface area contributed by atoms with Crippen molar-refractivity contribution in [3.63, 3.8) is 0 Å². The number of carbonyl (C=O) groups excluding carboxylic acids is 2. The number of hydrogen-bond donors (Lipinski definition) is 1. The zero-order chi connectivity index (χ0) is 15.3. The summed E-state index contributed by atoms with van der Waals surface area (Å²) in [6, 6.07) is 4.66. The molecule has 0 saturated carbocycles. The van der Waals surface area contributed by atoms with Gasteiger partial charge in [0.15, 0.2) is 0 Å². The summed E-state index contributed by atoms with van der Waals surface area (Å²) in [5.74, 6) is -0.440. The van der Waals surface area contributed by atoms with Crippen molar-refractivity contribution >= 4 is 35.2 Å². The normalized spacial score (nSPS) is 12.1. The van der Waals surface area contributed by atoms with Crippen molar-refractivity contribution in [2.75, 3.05) is 14.2 Å². The molecule has 20 heavy (non-hydrogen) atoms. The fourth-order valence-corrected chi connectivity index (χ4v) is 1.98. The molecule has 0 aromatic heterocycles. The smallest absolute Gasteiger partial charge is 0.413 e. The fraction of sp³-hybridized carbons (Fsp3) is 0.385. The number of hydrogen-bond acceptors (Lipinski definition) is 4. The molecule has 110 valence electrons. The molecule has 1 atom stereocenters. The first kappa shape index (κ1) is 16.8. The number of methoxy groups -OCH3 is 1. The van der Waals surface area contributed by atoms with Gasteiger partial charge in [-0.15, -0.1) is 0 Å². The molecule has 5 nitrogen and oxygen atoms in total. The molecule has 7 heteroatoms. The Bertz CT molecular complexity index is 508. The maximum absolute atomic E-state index is 11.8. The monoisotopic (exact) mass is 318 g/mol. The minimum atomic E-state index is -0.778. The van der Waals surface area contributed by atoms with Crippen LogP contribution in [0.5, 0.6) is 0 Å². The molecule has 0 bridgehead atoms. The highest BCUT2D eigenvalue weighted by atomic mass is 35.5. The summed E-state index contributed by atoms with van der Waals surface area (Å²) in [6.45, 7) is 2.13. The van der Waals surface area contributed by atoms with E-state index in [2.05, 4.69) is 10.1 Å². The van der Waals surface area contributed by atoms with Crippen LogP contribution in [0.2, 0.25) is 10.0 Å². The van der Waals surface area contributed by atoms with E-state index in [1.54, 1.807) is 37.1 Å². The van der Waals surface area contributed by atoms with E-state index in [0.717, 1.165) is 5.56 Å². The third kappa shape index (κ3) is 4.67. The quantitative estimate of drug-likeness (QED) is 0.927. The Morgan fingerprint density at radius 3 is 2.60 bits per heavy atom. The number of rotatable bonds is 4. The molecule has 1 rings (SSSR count). The predicted octanol–water partition coefficient (Wildman–Crippen LogP) is 2.70. The van der Waals surface area contributed by atoms with E-state index < -0.39 is 18.0 Å². The van der Waals surface area contributed by atoms with E-state index in [1.807, 2.05) is 0 Å². The van der Waals surface area contributed by atoms with Crippen LogP contribution in [0.15, 0.2) is 18.2 Å². The summed E-state index contributed by atoms with van der Waals surface area (Å²) >= 11 is 11.9. The van der Waals surface area contributed by atoms with Gasteiger partial charge in [0, 0.05) is 16.6 Å². The number of nitrogens with zero attached hydrogens (tertiary/aromatic N) is 1. The second kappa shape index (κ2) is 7.47. The summed E-state index contributed by atoms with van der Waals surface area (Å²) in [4.78, 5) is 24.5. The van der Waals surface area contributed by atoms with Gasteiger partial charge in [-0.2, -0.15) is 0 Å². The summed E-state index contributed by atoms with van der Waals surface area (Å²) in [5, 5.41) is 3.21. The van der Waals surface area contributed by atoms with Gasteiger partial charge in [0.1, 0.15) is 0 Å². The van der Waals surface area contributed by atoms with Gasteiger partial charge >= 0.3 is 6.09 Å². The van der Waals surface area contributed by atoms with Crippen LogP contribution in [0.25, 0.3) is 0 Å². The second-order valence-corrected chi connectivity index (χ2v) is 5.15. The van der Waals surface area contributed by atoms with Crippen molar-refractivity contribution in [1.82, 2.24) is 10.2 Å². The largest absolute Gasteiger partial charge is 0.453 e. The average molecular weight is 319 g/mol. The summed E-state index contributed by atoms with van der Waals surface area (Å²) in [7, 11) is 2.96. The molecule has 1 aromatic rings. The van der Waals surface area contributed by atoms with Crippen molar-refractivity contribution in [3.05, 3.63) is 33.8 Å². The lowest BCUT2D eigenvalue weighted by atomic mass is 10.2. The predicted molar refractivity (Wildman–Crippen MR) is 77.9 cm³/mol. The van der Waals surface area contributed by atoms with Gasteiger partial charge in [-0.1, -0.05) is 29.3 Å². The zero-order valence-electron chi connectivity index (χ0n) is 11.4. The van der Waals surface area contributed by atoms with Gasteiger partial charge in [-0.3, -0.25) is 15.0 Å². The maximum atomic E-state index is 11.8. The highest BCUT2D eigenvalue weighted by Crippen LogP contribution is 2.22. The molecule has 0 heterocycles. The Balaban J connectivity index is 2.67. The molecule has 0 aliphatic carbocycles. The van der Waals surface area contributed by atoms with Gasteiger partial charge in [0.25, 0.3) is 0 Å². The van der Waals surface area contributed by atoms with Gasteiger partial charge in [-0.25, -0.2) is 4.79 Å². The first-order chi connectivity index (χ1) is 9.35. The molecule has 0 spiro atoms. The molecule has 0 radical (unpaired) electrons. The summed E-state index contributed by atoms with van der Waals surface area (Å²) in [6.07, 6.45) is -0.778. The molecule has 1 aromatic carbocycles. The lowest BCUT2D eigenvalue weighted by Crippen LogP contribution is -2.45. The summed E-state index contributed by atoms with van der Waals surface area (Å²) < 4.78 is 4.38. The Labute approximate surface area is 127 Å². The molecule has 0 saturated heterocycles. The molecule has 0 aliphatic rings. The van der Waals surface area contributed by atoms with Crippen LogP contribution in [-0.4, -0.2) is 37.1 Å². The Morgan fingerprint density at radius 2 is 2.05 bits per heavy atom. The molecular weight excluding hydrogens is 303 g/mol. The number of ether oxygens (including phenoxy) is 1. The second-order valence-electron chi connectivity index (χ2n) is 4.31. The maximum Gasteiger partial charge on any atom is 0.413 e. The minimum Gasteiger partial charge on any atom is -0.453 e. The highest BCUT2D eigenvalue weighted by molar-refractivity contribution is 6.35. The number of carbonyl (C=O) groups is 2. The van der Waals surface area contributed by atoms with Gasteiger partial charge in [0.2, 0.25) is 5.91 Å². The SMILES string of the molecule is COC(=O)NC(=O)[C@H](C)N(C)Cc1ccc(Cl)cc1Cl. The first-order valence-corrected chi connectivity index (χ1v) is 6.63. The molecular formula is C13H16Cl2N2O3. The Morgan fingerprint density at radius 1 is 1.40 bits per heavy atom. The van der Waals surface area contributed by atoms with Gasteiger partial charge in [-0.05, 0) is 31.7 Å². The number of imide groups is 1. The first-order valence-electron chi connectivity index (χ1n) is 5.88. The van der Waals surface area contributed by atoms with Crippen molar-refractivity contribution in [1.29, 1.82) is 0 Å². The van der Waals surface area contributed by atoms with Crippen molar-refractivity contribution < 1.29 is 14.3 Å². The molecule has 2 amide bonds. The van der Waals surface area contributed by atoms with Gasteiger partial charge in [0.05, 0.1) is 13.2 Å². The molecule has 0 unspecified atom stereocenters. The number of likely N-dealkylation sites (N-methyl/N-ethyl adjacent to an activating group) is 1. The molecule has 1 N–H and O–H groups in total. The Hall–Kier alpha value is -1.30. The van der Waals surface area contributed by atoms with E-state index in [0.29, 0.717) is 16.6 Å². The third-order valence-electron chi connectivity index (χ3n) is 2.89. The Kier molecular flexibility index (Phi) is 6.26. The minimum absolute atomic E-state index is 0.440. The fourth-order valence-electron chi connectivity index (χ4n) is 1.51. The molecule has 0 aliphatic heterocycles. The topological polar surface area (TPSA) is 58.6 Å². The van der Waals surface area contributed by atoms with E-state index >= 15 is 0 Å². The number of alkyl carbamates (subject to hydrolysis) is 1. The van der Waals surface area contributed by atoms with E-state index in [-0.39, 0.29) is 0 Å². The van der Waals surface area contributed by atoms with Crippen LogP contribution in [0.4, 0.5) is 4.79 Å². The standard InChI is InChI=1S/C13H16Cl2N2O3/c1-8(12(18)16-13(19)20-3)17(2)7-9-4-5-10(14)6-11(9)15/h4-6,8H,7H2,1-3H3,(H,16,18,19)/t8-/m0/s1. The van der Waals surface area contributed by atoms with Gasteiger partial charge < -0.3 is 4.74 Å². The van der Waals surface area contributed by atoms with Crippen LogP contribution < -0.4 is 5.32 Å². The van der Waals surface area contributed by atoms with Crippen LogP contribution in [-0.2, 0) is 16.1 Å². The van der Waals surface area contributed by atoms with Crippen LogP contribution in [0.3, 0.4) is 0 Å². The zero-order valence-corrected chi connectivity index (χ0v) is 13.0. The van der Waals surface area contributed by atoms with Crippen molar-refractivity contribution in [2.24, 2.45) is 0 Å². The molecule has 0 fully saturated rings. The highest BCUT2D eigenvalue weighted by Gasteiger charge is 2.21. The van der Waals surface area contributed by atoms with Crippen LogP contribution in [0, 0.1) is 0 Å². The van der Waals surface area contributed by atoms with E-state index in [4.69, 9.17) is 23.2 Å². The number of amides is 2. The average Bonchev–Trinajstić information content (AvgIpc) is 2.40. The number of halogens is 2. The van der Waals surface area contributed by atoms with Crippen molar-refractivity contribution in [2.45, 2.75) is 19.5 Å². The number of nitrogens with one attached hydrogen (secondary N) is 1. The van der Waals surface area contributed by atoms with E-state index in [1.165, 1.54) is 7.11 Å². The van der Waals surface area contributed by atoms with Crippen molar-refractivity contribution in [3.8, 4) is 0 Å². The number of benzene rings is 1. The lowest BCUT2D eigenvalue weighted by Gasteiger charge is -2.23. The third-order valence-corrected chi connectivity index (χ3v) is 3.47. The van der Waals surface area contributed by atoms with Crippen LogP contribution >= 0.6 is 23.2 Å². The summed E-state index contributed by atoms with van der Waals surface area (Å²) in [5.41, 5.74) is 0.844.